The van der Waals surface area contributed by atoms with E-state index in [-0.39, 0.29) is 5.82 Å². The van der Waals surface area contributed by atoms with Gasteiger partial charge in [-0.05, 0) is 6.07 Å². The Morgan fingerprint density at radius 1 is 1.35 bits per heavy atom. The molecule has 1 aliphatic rings. The summed E-state index contributed by atoms with van der Waals surface area (Å²) < 4.78 is 13.7. The van der Waals surface area contributed by atoms with Crippen LogP contribution in [0.15, 0.2) is 12.3 Å². The number of rotatable bonds is 3. The van der Waals surface area contributed by atoms with Crippen molar-refractivity contribution in [3.63, 3.8) is 0 Å². The van der Waals surface area contributed by atoms with Crippen LogP contribution in [0.1, 0.15) is 0 Å². The van der Waals surface area contributed by atoms with Crippen LogP contribution in [-0.2, 0) is 0 Å². The van der Waals surface area contributed by atoms with E-state index in [2.05, 4.69) is 25.8 Å². The van der Waals surface area contributed by atoms with Crippen LogP contribution in [0.5, 0.6) is 0 Å². The minimum Gasteiger partial charge on any atom is -0.352 e. The van der Waals surface area contributed by atoms with Crippen molar-refractivity contribution in [2.24, 2.45) is 0 Å². The number of alkyl halides is 1. The van der Waals surface area contributed by atoms with Gasteiger partial charge >= 0.3 is 0 Å². The van der Waals surface area contributed by atoms with Crippen LogP contribution >= 0.6 is 27.5 Å². The molecule has 2 heterocycles. The number of halogens is 3. The first-order valence-corrected chi connectivity index (χ1v) is 7.05. The number of hydrogen-bond acceptors (Lipinski definition) is 3. The Morgan fingerprint density at radius 2 is 2.06 bits per heavy atom. The number of anilines is 1. The summed E-state index contributed by atoms with van der Waals surface area (Å²) in [6.45, 7) is 4.52. The fourth-order valence-electron chi connectivity index (χ4n) is 1.94. The first-order chi connectivity index (χ1) is 8.20. The van der Waals surface area contributed by atoms with Gasteiger partial charge in [-0.2, -0.15) is 0 Å². The molecule has 94 valence electrons. The monoisotopic (exact) mass is 321 g/mol. The highest BCUT2D eigenvalue weighted by Crippen LogP contribution is 2.20. The fourth-order valence-corrected chi connectivity index (χ4v) is 2.59. The zero-order chi connectivity index (χ0) is 12.3. The quantitative estimate of drug-likeness (QED) is 0.797. The van der Waals surface area contributed by atoms with E-state index in [1.54, 1.807) is 0 Å². The summed E-state index contributed by atoms with van der Waals surface area (Å²) in [6.07, 6.45) is 1.49. The van der Waals surface area contributed by atoms with E-state index in [1.165, 1.54) is 12.3 Å². The van der Waals surface area contributed by atoms with E-state index in [0.717, 1.165) is 38.1 Å². The molecular formula is C11H14BrClFN3. The molecule has 1 saturated heterocycles. The van der Waals surface area contributed by atoms with Crippen LogP contribution in [0.4, 0.5) is 10.2 Å². The van der Waals surface area contributed by atoms with Gasteiger partial charge in [-0.3, -0.25) is 4.90 Å². The standard InChI is InChI=1S/C11H14BrClFN3/c12-1-2-16-3-5-17(6-4-16)11-10(14)7-9(13)8-15-11/h7-8H,1-6H2. The predicted molar refractivity (Wildman–Crippen MR) is 71.7 cm³/mol. The summed E-state index contributed by atoms with van der Waals surface area (Å²) in [6, 6.07) is 1.31. The van der Waals surface area contributed by atoms with Crippen LogP contribution in [0, 0.1) is 5.82 Å². The molecule has 3 nitrogen and oxygen atoms in total. The molecule has 0 aliphatic carbocycles. The molecule has 2 rings (SSSR count). The fraction of sp³-hybridized carbons (Fsp3) is 0.545. The van der Waals surface area contributed by atoms with Crippen molar-refractivity contribution in [1.82, 2.24) is 9.88 Å². The molecule has 0 spiro atoms. The lowest BCUT2D eigenvalue weighted by atomic mass is 10.3. The van der Waals surface area contributed by atoms with Gasteiger partial charge in [-0.15, -0.1) is 0 Å². The molecule has 0 N–H and O–H groups in total. The normalized spacial score (nSPS) is 17.5. The molecule has 17 heavy (non-hydrogen) atoms. The first kappa shape index (κ1) is 13.1. The number of aromatic nitrogens is 1. The Labute approximate surface area is 114 Å². The molecule has 0 bridgehead atoms. The molecule has 1 aliphatic heterocycles. The van der Waals surface area contributed by atoms with Crippen molar-refractivity contribution in [2.45, 2.75) is 0 Å². The van der Waals surface area contributed by atoms with Crippen LogP contribution in [0.25, 0.3) is 0 Å². The molecule has 0 unspecified atom stereocenters. The average molecular weight is 323 g/mol. The smallest absolute Gasteiger partial charge is 0.167 e. The van der Waals surface area contributed by atoms with E-state index in [0.29, 0.717) is 10.8 Å². The molecule has 0 saturated carbocycles. The Balaban J connectivity index is 2.00. The van der Waals surface area contributed by atoms with Gasteiger partial charge < -0.3 is 4.90 Å². The number of pyridine rings is 1. The third-order valence-corrected chi connectivity index (χ3v) is 3.42. The molecule has 1 fully saturated rings. The summed E-state index contributed by atoms with van der Waals surface area (Å²) in [4.78, 5) is 8.38. The zero-order valence-corrected chi connectivity index (χ0v) is 11.7. The van der Waals surface area contributed by atoms with E-state index >= 15 is 0 Å². The van der Waals surface area contributed by atoms with Crippen molar-refractivity contribution in [2.75, 3.05) is 43.0 Å². The summed E-state index contributed by atoms with van der Waals surface area (Å²) in [5, 5.41) is 1.31. The van der Waals surface area contributed by atoms with Gasteiger partial charge in [0.1, 0.15) is 0 Å². The van der Waals surface area contributed by atoms with Gasteiger partial charge in [-0.25, -0.2) is 9.37 Å². The molecule has 0 atom stereocenters. The lowest BCUT2D eigenvalue weighted by Crippen LogP contribution is -2.47. The third-order valence-electron chi connectivity index (χ3n) is 2.86. The van der Waals surface area contributed by atoms with Crippen molar-refractivity contribution in [3.8, 4) is 0 Å². The Morgan fingerprint density at radius 3 is 2.65 bits per heavy atom. The van der Waals surface area contributed by atoms with Crippen molar-refractivity contribution >= 4 is 33.3 Å². The SMILES string of the molecule is Fc1cc(Cl)cnc1N1CCN(CCBr)CC1. The molecule has 1 aromatic heterocycles. The summed E-state index contributed by atoms with van der Waals surface area (Å²) in [5.41, 5.74) is 0. The number of hydrogen-bond donors (Lipinski definition) is 0. The molecule has 0 radical (unpaired) electrons. The third kappa shape index (κ3) is 3.30. The number of nitrogens with zero attached hydrogens (tertiary/aromatic N) is 3. The van der Waals surface area contributed by atoms with Crippen LogP contribution < -0.4 is 4.90 Å². The number of piperazine rings is 1. The highest BCUT2D eigenvalue weighted by Gasteiger charge is 2.20. The van der Waals surface area contributed by atoms with Gasteiger partial charge in [0.2, 0.25) is 0 Å². The van der Waals surface area contributed by atoms with E-state index < -0.39 is 0 Å². The molecule has 6 heteroatoms. The summed E-state index contributed by atoms with van der Waals surface area (Å²) in [7, 11) is 0. The average Bonchev–Trinajstić information content (AvgIpc) is 2.31. The zero-order valence-electron chi connectivity index (χ0n) is 9.37. The highest BCUT2D eigenvalue weighted by molar-refractivity contribution is 9.09. The van der Waals surface area contributed by atoms with Crippen molar-refractivity contribution in [3.05, 3.63) is 23.1 Å². The minimum absolute atomic E-state index is 0.337. The molecule has 0 amide bonds. The predicted octanol–water partition coefficient (Wildman–Crippen LogP) is 2.39. The minimum atomic E-state index is -0.341. The van der Waals surface area contributed by atoms with Crippen molar-refractivity contribution in [1.29, 1.82) is 0 Å². The van der Waals surface area contributed by atoms with E-state index in [1.807, 2.05) is 4.90 Å². The van der Waals surface area contributed by atoms with Gasteiger partial charge in [0.05, 0.1) is 5.02 Å². The summed E-state index contributed by atoms with van der Waals surface area (Å²) >= 11 is 9.11. The second-order valence-electron chi connectivity index (χ2n) is 3.98. The Kier molecular flexibility index (Phi) is 4.59. The lowest BCUT2D eigenvalue weighted by molar-refractivity contribution is 0.272. The molecule has 0 aromatic carbocycles. The topological polar surface area (TPSA) is 19.4 Å². The lowest BCUT2D eigenvalue weighted by Gasteiger charge is -2.35. The van der Waals surface area contributed by atoms with Gasteiger partial charge in [0.15, 0.2) is 11.6 Å². The van der Waals surface area contributed by atoms with Crippen LogP contribution in [-0.4, -0.2) is 47.9 Å². The van der Waals surface area contributed by atoms with E-state index in [9.17, 15) is 4.39 Å². The van der Waals surface area contributed by atoms with Crippen LogP contribution in [0.3, 0.4) is 0 Å². The maximum atomic E-state index is 13.7. The second kappa shape index (κ2) is 5.98. The highest BCUT2D eigenvalue weighted by atomic mass is 79.9. The van der Waals surface area contributed by atoms with Gasteiger partial charge in [0, 0.05) is 44.3 Å². The van der Waals surface area contributed by atoms with Gasteiger partial charge in [0.25, 0.3) is 0 Å². The Hall–Kier alpha value is -0.390. The summed E-state index contributed by atoms with van der Waals surface area (Å²) in [5.74, 6) is 0.0688. The second-order valence-corrected chi connectivity index (χ2v) is 5.21. The van der Waals surface area contributed by atoms with Gasteiger partial charge in [-0.1, -0.05) is 27.5 Å². The molecular weight excluding hydrogens is 308 g/mol. The van der Waals surface area contributed by atoms with Crippen LogP contribution in [0.2, 0.25) is 5.02 Å². The largest absolute Gasteiger partial charge is 0.352 e. The Bertz CT molecular complexity index is 383. The maximum absolute atomic E-state index is 13.7. The molecule has 1 aromatic rings. The first-order valence-electron chi connectivity index (χ1n) is 5.55. The maximum Gasteiger partial charge on any atom is 0.167 e. The van der Waals surface area contributed by atoms with E-state index in [4.69, 9.17) is 11.6 Å². The van der Waals surface area contributed by atoms with Crippen molar-refractivity contribution < 1.29 is 4.39 Å².